The van der Waals surface area contributed by atoms with Crippen LogP contribution in [0, 0.1) is 0 Å². The first-order chi connectivity index (χ1) is 18.7. The van der Waals surface area contributed by atoms with Crippen molar-refractivity contribution in [3.63, 3.8) is 0 Å². The van der Waals surface area contributed by atoms with E-state index in [-0.39, 0.29) is 11.3 Å². The third kappa shape index (κ3) is 5.45. The Balaban J connectivity index is 1.88. The molecule has 3 aromatic rings. The minimum atomic E-state index is -0.827. The Bertz CT molecular complexity index is 1380. The summed E-state index contributed by atoms with van der Waals surface area (Å²) in [5, 5.41) is 11.9. The van der Waals surface area contributed by atoms with Crippen LogP contribution in [0.3, 0.4) is 0 Å². The van der Waals surface area contributed by atoms with E-state index in [0.29, 0.717) is 34.2 Å². The molecule has 8 heteroatoms. The molecule has 0 spiro atoms. The lowest BCUT2D eigenvalue weighted by atomic mass is 9.94. The van der Waals surface area contributed by atoms with Gasteiger partial charge in [0.05, 0.1) is 23.2 Å². The minimum Gasteiger partial charge on any atom is -0.507 e. The summed E-state index contributed by atoms with van der Waals surface area (Å²) in [7, 11) is 3.88. The van der Waals surface area contributed by atoms with E-state index in [0.717, 1.165) is 24.5 Å². The normalized spacial score (nSPS) is 16.5. The molecule has 0 aliphatic carbocycles. The van der Waals surface area contributed by atoms with Crippen LogP contribution in [0.1, 0.15) is 37.9 Å². The van der Waals surface area contributed by atoms with Gasteiger partial charge in [-0.05, 0) is 80.9 Å². The highest BCUT2D eigenvalue weighted by molar-refractivity contribution is 6.51. The van der Waals surface area contributed by atoms with E-state index in [1.807, 2.05) is 74.4 Å². The van der Waals surface area contributed by atoms with Gasteiger partial charge in [0.2, 0.25) is 0 Å². The molecule has 1 heterocycles. The maximum absolute atomic E-state index is 13.5. The Kier molecular flexibility index (Phi) is 8.51. The third-order valence-electron chi connectivity index (χ3n) is 6.93. The van der Waals surface area contributed by atoms with Crippen LogP contribution in [0.5, 0.6) is 5.75 Å². The summed E-state index contributed by atoms with van der Waals surface area (Å²) in [6, 6.07) is 19.2. The zero-order valence-corrected chi connectivity index (χ0v) is 23.7. The number of carbonyl (C=O) groups is 2. The molecule has 1 unspecified atom stereocenters. The van der Waals surface area contributed by atoms with Crippen molar-refractivity contribution >= 4 is 46.1 Å². The molecule has 1 N–H and O–H groups in total. The smallest absolute Gasteiger partial charge is 0.300 e. The first-order valence-electron chi connectivity index (χ1n) is 13.1. The van der Waals surface area contributed by atoms with Crippen molar-refractivity contribution in [1.29, 1.82) is 0 Å². The average Bonchev–Trinajstić information content (AvgIpc) is 3.20. The number of nitrogens with zero attached hydrogens (tertiary/aromatic N) is 3. The lowest BCUT2D eigenvalue weighted by molar-refractivity contribution is -0.132. The van der Waals surface area contributed by atoms with Gasteiger partial charge in [0.1, 0.15) is 11.5 Å². The first kappa shape index (κ1) is 28.0. The monoisotopic (exact) mass is 547 g/mol. The number of amides is 1. The van der Waals surface area contributed by atoms with Crippen LogP contribution in [0.25, 0.3) is 5.76 Å². The number of aliphatic hydroxyl groups is 1. The van der Waals surface area contributed by atoms with E-state index in [1.54, 1.807) is 18.2 Å². The van der Waals surface area contributed by atoms with Crippen LogP contribution < -0.4 is 19.4 Å². The van der Waals surface area contributed by atoms with E-state index < -0.39 is 17.7 Å². The summed E-state index contributed by atoms with van der Waals surface area (Å²) in [6.45, 7) is 8.09. The minimum absolute atomic E-state index is 0.00944. The number of rotatable bonds is 9. The van der Waals surface area contributed by atoms with Crippen molar-refractivity contribution in [2.24, 2.45) is 0 Å². The van der Waals surface area contributed by atoms with E-state index >= 15 is 0 Å². The Morgan fingerprint density at radius 3 is 2.10 bits per heavy atom. The number of benzene rings is 3. The van der Waals surface area contributed by atoms with Gasteiger partial charge in [0.25, 0.3) is 11.7 Å². The van der Waals surface area contributed by atoms with Gasteiger partial charge in [-0.1, -0.05) is 23.7 Å². The van der Waals surface area contributed by atoms with Gasteiger partial charge in [-0.2, -0.15) is 0 Å². The zero-order valence-electron chi connectivity index (χ0n) is 22.9. The summed E-state index contributed by atoms with van der Waals surface area (Å²) >= 11 is 6.26. The lowest BCUT2D eigenvalue weighted by Crippen LogP contribution is -2.29. The standard InChI is InChI=1S/C31H34ClN3O4/c1-6-34(7-2)23-14-16-24(17-15-23)35-28(20-9-12-22(13-10-20)33(4)5)27(30(37)31(35)38)29(36)21-11-18-25(32)26(19-21)39-8-3/h9-19,28,36H,6-8H2,1-5H3/b29-27-. The van der Waals surface area contributed by atoms with Gasteiger partial charge < -0.3 is 19.6 Å². The molecule has 0 radical (unpaired) electrons. The van der Waals surface area contributed by atoms with Gasteiger partial charge in [0, 0.05) is 49.8 Å². The molecule has 1 fully saturated rings. The fourth-order valence-electron chi connectivity index (χ4n) is 4.85. The highest BCUT2D eigenvalue weighted by Gasteiger charge is 2.47. The SMILES string of the molecule is CCOc1cc(/C(O)=C2/C(=O)C(=O)N(c3ccc(N(CC)CC)cc3)C2c2ccc(N(C)C)cc2)ccc1Cl. The van der Waals surface area contributed by atoms with Crippen LogP contribution >= 0.6 is 11.6 Å². The molecule has 7 nitrogen and oxygen atoms in total. The fraction of sp³-hybridized carbons (Fsp3) is 0.290. The van der Waals surface area contributed by atoms with Crippen LogP contribution in [-0.2, 0) is 9.59 Å². The number of ether oxygens (including phenoxy) is 1. The summed E-state index contributed by atoms with van der Waals surface area (Å²) < 4.78 is 5.59. The predicted molar refractivity (Wildman–Crippen MR) is 158 cm³/mol. The first-order valence-corrected chi connectivity index (χ1v) is 13.5. The Morgan fingerprint density at radius 1 is 0.923 bits per heavy atom. The number of ketones is 1. The van der Waals surface area contributed by atoms with Crippen molar-refractivity contribution < 1.29 is 19.4 Å². The van der Waals surface area contributed by atoms with Gasteiger partial charge in [0.15, 0.2) is 0 Å². The van der Waals surface area contributed by atoms with Crippen molar-refractivity contribution in [2.45, 2.75) is 26.8 Å². The molecule has 0 aromatic heterocycles. The molecular weight excluding hydrogens is 514 g/mol. The number of aliphatic hydroxyl groups excluding tert-OH is 1. The molecule has 204 valence electrons. The van der Waals surface area contributed by atoms with Crippen molar-refractivity contribution in [3.8, 4) is 5.75 Å². The molecule has 1 aliphatic rings. The second-order valence-electron chi connectivity index (χ2n) is 9.42. The number of halogens is 1. The van der Waals surface area contributed by atoms with Crippen molar-refractivity contribution in [1.82, 2.24) is 0 Å². The second-order valence-corrected chi connectivity index (χ2v) is 9.83. The van der Waals surface area contributed by atoms with Crippen molar-refractivity contribution in [3.05, 3.63) is 88.5 Å². The molecule has 1 saturated heterocycles. The van der Waals surface area contributed by atoms with E-state index in [2.05, 4.69) is 18.7 Å². The third-order valence-corrected chi connectivity index (χ3v) is 7.24. The molecule has 39 heavy (non-hydrogen) atoms. The largest absolute Gasteiger partial charge is 0.507 e. The van der Waals surface area contributed by atoms with E-state index in [4.69, 9.17) is 16.3 Å². The van der Waals surface area contributed by atoms with E-state index in [9.17, 15) is 14.7 Å². The lowest BCUT2D eigenvalue weighted by Gasteiger charge is -2.27. The molecule has 0 saturated carbocycles. The highest BCUT2D eigenvalue weighted by Crippen LogP contribution is 2.43. The molecule has 1 atom stereocenters. The average molecular weight is 548 g/mol. The van der Waals surface area contributed by atoms with Crippen LogP contribution in [0.4, 0.5) is 17.1 Å². The van der Waals surface area contributed by atoms with Crippen LogP contribution in [-0.4, -0.2) is 50.6 Å². The Labute approximate surface area is 234 Å². The predicted octanol–water partition coefficient (Wildman–Crippen LogP) is 6.28. The molecule has 1 amide bonds. The van der Waals surface area contributed by atoms with E-state index in [1.165, 1.54) is 4.90 Å². The maximum atomic E-state index is 13.5. The Hall–Kier alpha value is -3.97. The van der Waals surface area contributed by atoms with Gasteiger partial charge in [-0.25, -0.2) is 0 Å². The summed E-state index contributed by atoms with van der Waals surface area (Å²) in [5.74, 6) is -1.35. The van der Waals surface area contributed by atoms with Gasteiger partial charge in [-0.3, -0.25) is 14.5 Å². The Morgan fingerprint density at radius 2 is 1.54 bits per heavy atom. The second kappa shape index (κ2) is 11.8. The number of hydrogen-bond donors (Lipinski definition) is 1. The summed E-state index contributed by atoms with van der Waals surface area (Å²) in [6.07, 6.45) is 0. The number of anilines is 3. The summed E-state index contributed by atoms with van der Waals surface area (Å²) in [4.78, 5) is 32.7. The zero-order chi connectivity index (χ0) is 28.3. The molecule has 3 aromatic carbocycles. The fourth-order valence-corrected chi connectivity index (χ4v) is 5.03. The summed E-state index contributed by atoms with van der Waals surface area (Å²) in [5.41, 5.74) is 3.62. The van der Waals surface area contributed by atoms with Gasteiger partial charge >= 0.3 is 0 Å². The number of hydrogen-bond acceptors (Lipinski definition) is 6. The van der Waals surface area contributed by atoms with Crippen molar-refractivity contribution in [2.75, 3.05) is 48.5 Å². The molecular formula is C31H34ClN3O4. The topological polar surface area (TPSA) is 73.3 Å². The molecule has 1 aliphatic heterocycles. The quantitative estimate of drug-likeness (QED) is 0.193. The number of Topliss-reactive ketones (excluding diaryl/α,β-unsaturated/α-hetero) is 1. The van der Waals surface area contributed by atoms with Crippen LogP contribution in [0.2, 0.25) is 5.02 Å². The maximum Gasteiger partial charge on any atom is 0.300 e. The van der Waals surface area contributed by atoms with Gasteiger partial charge in [-0.15, -0.1) is 0 Å². The molecule has 4 rings (SSSR count). The van der Waals surface area contributed by atoms with Crippen LogP contribution in [0.15, 0.2) is 72.3 Å². The molecule has 0 bridgehead atoms. The highest BCUT2D eigenvalue weighted by atomic mass is 35.5. The number of carbonyl (C=O) groups excluding carboxylic acids is 2.